The number of anilines is 4. The largest absolute Gasteiger partial charge is 0.442 e. The standard InChI is InChI=1S/C15H19IN4O2/c1-2-15(16,21-13-5-3-9(17)7-11(13)19)22-14-6-4-10(18)8-12(14)20/h3-8H,2,17-20H2,1H3. The first kappa shape index (κ1) is 16.3. The lowest BCUT2D eigenvalue weighted by molar-refractivity contribution is -0.0134. The second-order valence-corrected chi connectivity index (χ2v) is 6.46. The Labute approximate surface area is 142 Å². The first-order valence-electron chi connectivity index (χ1n) is 6.70. The Balaban J connectivity index is 2.24. The van der Waals surface area contributed by atoms with Gasteiger partial charge >= 0.3 is 3.79 Å². The summed E-state index contributed by atoms with van der Waals surface area (Å²) >= 11 is 2.08. The van der Waals surface area contributed by atoms with Gasteiger partial charge in [0.1, 0.15) is 11.5 Å². The fourth-order valence-electron chi connectivity index (χ4n) is 1.81. The van der Waals surface area contributed by atoms with Crippen molar-refractivity contribution >= 4 is 45.3 Å². The Hall–Kier alpha value is -2.03. The predicted molar refractivity (Wildman–Crippen MR) is 98.8 cm³/mol. The predicted octanol–water partition coefficient (Wildman–Crippen LogP) is 2.97. The molecule has 22 heavy (non-hydrogen) atoms. The number of rotatable bonds is 5. The minimum absolute atomic E-state index is 0.448. The van der Waals surface area contributed by atoms with Crippen LogP contribution in [0.5, 0.6) is 11.5 Å². The van der Waals surface area contributed by atoms with E-state index in [1.807, 2.05) is 6.92 Å². The van der Waals surface area contributed by atoms with E-state index < -0.39 is 3.79 Å². The topological polar surface area (TPSA) is 123 Å². The van der Waals surface area contributed by atoms with E-state index in [1.165, 1.54) is 0 Å². The van der Waals surface area contributed by atoms with Crippen LogP contribution in [0, 0.1) is 0 Å². The molecule has 8 N–H and O–H groups in total. The molecule has 0 heterocycles. The maximum Gasteiger partial charge on any atom is 0.302 e. The normalized spacial score (nSPS) is 11.2. The van der Waals surface area contributed by atoms with Gasteiger partial charge in [0.25, 0.3) is 0 Å². The van der Waals surface area contributed by atoms with Crippen LogP contribution in [-0.2, 0) is 0 Å². The van der Waals surface area contributed by atoms with Crippen molar-refractivity contribution in [1.29, 1.82) is 0 Å². The molecule has 0 spiro atoms. The zero-order valence-corrected chi connectivity index (χ0v) is 14.3. The molecule has 0 fully saturated rings. The molecule has 0 unspecified atom stereocenters. The molecule has 0 aliphatic carbocycles. The smallest absolute Gasteiger partial charge is 0.302 e. The Morgan fingerprint density at radius 1 is 0.864 bits per heavy atom. The van der Waals surface area contributed by atoms with E-state index in [0.29, 0.717) is 40.7 Å². The van der Waals surface area contributed by atoms with Crippen molar-refractivity contribution in [2.24, 2.45) is 0 Å². The summed E-state index contributed by atoms with van der Waals surface area (Å²) < 4.78 is 10.9. The molecule has 2 aromatic carbocycles. The van der Waals surface area contributed by atoms with Crippen LogP contribution in [0.3, 0.4) is 0 Å². The lowest BCUT2D eigenvalue weighted by Gasteiger charge is -2.29. The summed E-state index contributed by atoms with van der Waals surface area (Å²) in [6.07, 6.45) is 0.571. The summed E-state index contributed by atoms with van der Waals surface area (Å²) in [6, 6.07) is 10.1. The van der Waals surface area contributed by atoms with Crippen LogP contribution >= 0.6 is 22.6 Å². The Morgan fingerprint density at radius 2 is 1.27 bits per heavy atom. The molecule has 7 heteroatoms. The highest BCUT2D eigenvalue weighted by molar-refractivity contribution is 14.1. The lowest BCUT2D eigenvalue weighted by atomic mass is 10.2. The van der Waals surface area contributed by atoms with Crippen LogP contribution < -0.4 is 32.4 Å². The number of halogens is 1. The average molecular weight is 414 g/mol. The molecule has 0 saturated carbocycles. The van der Waals surface area contributed by atoms with Crippen molar-refractivity contribution in [2.45, 2.75) is 17.1 Å². The molecule has 2 rings (SSSR count). The third-order valence-corrected chi connectivity index (χ3v) is 4.22. The van der Waals surface area contributed by atoms with Crippen LogP contribution in [0.15, 0.2) is 36.4 Å². The molecular weight excluding hydrogens is 395 g/mol. The molecule has 0 aromatic heterocycles. The molecule has 0 bridgehead atoms. The number of nitrogen functional groups attached to an aromatic ring is 4. The van der Waals surface area contributed by atoms with Crippen molar-refractivity contribution < 1.29 is 9.47 Å². The molecule has 0 amide bonds. The average Bonchev–Trinajstić information content (AvgIpc) is 2.45. The summed E-state index contributed by atoms with van der Waals surface area (Å²) in [6.45, 7) is 1.94. The summed E-state index contributed by atoms with van der Waals surface area (Å²) in [4.78, 5) is 0. The zero-order chi connectivity index (χ0) is 16.3. The zero-order valence-electron chi connectivity index (χ0n) is 12.2. The summed E-state index contributed by atoms with van der Waals surface area (Å²) in [5.41, 5.74) is 25.3. The van der Waals surface area contributed by atoms with Gasteiger partial charge in [-0.05, 0) is 36.4 Å². The van der Waals surface area contributed by atoms with Crippen molar-refractivity contribution in [1.82, 2.24) is 0 Å². The molecule has 6 nitrogen and oxygen atoms in total. The van der Waals surface area contributed by atoms with E-state index >= 15 is 0 Å². The van der Waals surface area contributed by atoms with Gasteiger partial charge in [-0.15, -0.1) is 0 Å². The van der Waals surface area contributed by atoms with Gasteiger partial charge in [0.2, 0.25) is 0 Å². The van der Waals surface area contributed by atoms with Crippen LogP contribution in [0.4, 0.5) is 22.7 Å². The highest BCUT2D eigenvalue weighted by Gasteiger charge is 2.30. The number of ether oxygens (including phenoxy) is 2. The molecule has 0 aliphatic heterocycles. The van der Waals surface area contributed by atoms with Gasteiger partial charge in [-0.2, -0.15) is 0 Å². The highest BCUT2D eigenvalue weighted by atomic mass is 127. The van der Waals surface area contributed by atoms with Crippen molar-refractivity contribution in [3.05, 3.63) is 36.4 Å². The highest BCUT2D eigenvalue weighted by Crippen LogP contribution is 2.36. The maximum absolute atomic E-state index is 5.92. The minimum Gasteiger partial charge on any atom is -0.442 e. The molecule has 0 radical (unpaired) electrons. The molecule has 0 aliphatic rings. The lowest BCUT2D eigenvalue weighted by Crippen LogP contribution is -2.35. The van der Waals surface area contributed by atoms with Crippen LogP contribution in [0.25, 0.3) is 0 Å². The Bertz CT molecular complexity index is 625. The van der Waals surface area contributed by atoms with Crippen LogP contribution in [-0.4, -0.2) is 3.79 Å². The first-order chi connectivity index (χ1) is 10.3. The fourth-order valence-corrected chi connectivity index (χ4v) is 2.29. The molecular formula is C15H19IN4O2. The number of nitrogens with two attached hydrogens (primary N) is 4. The molecule has 0 atom stereocenters. The maximum atomic E-state index is 5.92. The fraction of sp³-hybridized carbons (Fsp3) is 0.200. The SMILES string of the molecule is CCC(I)(Oc1ccc(N)cc1N)Oc1ccc(N)cc1N. The minimum atomic E-state index is -0.952. The van der Waals surface area contributed by atoms with Crippen molar-refractivity contribution in [3.8, 4) is 11.5 Å². The molecule has 118 valence electrons. The second kappa shape index (κ2) is 6.39. The van der Waals surface area contributed by atoms with E-state index in [0.717, 1.165) is 0 Å². The van der Waals surface area contributed by atoms with E-state index in [-0.39, 0.29) is 0 Å². The first-order valence-corrected chi connectivity index (χ1v) is 7.78. The van der Waals surface area contributed by atoms with E-state index in [1.54, 1.807) is 36.4 Å². The summed E-state index contributed by atoms with van der Waals surface area (Å²) in [5.74, 6) is 0.999. The van der Waals surface area contributed by atoms with Gasteiger partial charge in [-0.3, -0.25) is 0 Å². The quantitative estimate of drug-likeness (QED) is 0.258. The van der Waals surface area contributed by atoms with Crippen LogP contribution in [0.1, 0.15) is 13.3 Å². The number of benzene rings is 2. The summed E-state index contributed by atoms with van der Waals surface area (Å²) in [5, 5.41) is 0. The number of alkyl halides is 1. The van der Waals surface area contributed by atoms with Crippen molar-refractivity contribution in [3.63, 3.8) is 0 Å². The Kier molecular flexibility index (Phi) is 4.74. The third-order valence-electron chi connectivity index (χ3n) is 3.01. The molecule has 2 aromatic rings. The molecule has 0 saturated heterocycles. The number of hydrogen-bond donors (Lipinski definition) is 4. The van der Waals surface area contributed by atoms with Crippen LogP contribution in [0.2, 0.25) is 0 Å². The second-order valence-electron chi connectivity index (χ2n) is 4.81. The van der Waals surface area contributed by atoms with Gasteiger partial charge in [0.15, 0.2) is 0 Å². The monoisotopic (exact) mass is 414 g/mol. The van der Waals surface area contributed by atoms with Gasteiger partial charge in [-0.1, -0.05) is 6.92 Å². The van der Waals surface area contributed by atoms with E-state index in [2.05, 4.69) is 22.6 Å². The Morgan fingerprint density at radius 3 is 1.59 bits per heavy atom. The van der Waals surface area contributed by atoms with Gasteiger partial charge < -0.3 is 32.4 Å². The van der Waals surface area contributed by atoms with Gasteiger partial charge in [0.05, 0.1) is 11.4 Å². The van der Waals surface area contributed by atoms with E-state index in [9.17, 15) is 0 Å². The van der Waals surface area contributed by atoms with E-state index in [4.69, 9.17) is 32.4 Å². The van der Waals surface area contributed by atoms with Gasteiger partial charge in [0, 0.05) is 40.4 Å². The van der Waals surface area contributed by atoms with Gasteiger partial charge in [-0.25, -0.2) is 0 Å². The number of hydrogen-bond acceptors (Lipinski definition) is 6. The third kappa shape index (κ3) is 3.79. The summed E-state index contributed by atoms with van der Waals surface area (Å²) in [7, 11) is 0. The van der Waals surface area contributed by atoms with Crippen molar-refractivity contribution in [2.75, 3.05) is 22.9 Å².